The van der Waals surface area contributed by atoms with Crippen LogP contribution in [0, 0.1) is 0 Å². The number of carbonyl (C=O) groups is 1. The first-order valence-electron chi connectivity index (χ1n) is 7.49. The minimum Gasteiger partial charge on any atom is -0.400 e. The van der Waals surface area contributed by atoms with Crippen molar-refractivity contribution in [2.24, 2.45) is 0 Å². The summed E-state index contributed by atoms with van der Waals surface area (Å²) in [5.41, 5.74) is 6.15. The number of hydrogen-bond donors (Lipinski definition) is 1. The molecule has 6 nitrogen and oxygen atoms in total. The number of nitrogen functional groups attached to an aromatic ring is 1. The quantitative estimate of drug-likeness (QED) is 0.816. The van der Waals surface area contributed by atoms with E-state index in [4.69, 9.17) is 26.6 Å². The van der Waals surface area contributed by atoms with E-state index in [2.05, 4.69) is 9.97 Å². The fourth-order valence-corrected chi connectivity index (χ4v) is 2.76. The molecular formula is C15H21BClN3O3S. The highest BCUT2D eigenvalue weighted by molar-refractivity contribution is 8.13. The van der Waals surface area contributed by atoms with E-state index in [0.717, 1.165) is 5.47 Å². The highest BCUT2D eigenvalue weighted by Gasteiger charge is 2.52. The average Bonchev–Trinajstić information content (AvgIpc) is 2.65. The summed E-state index contributed by atoms with van der Waals surface area (Å²) in [5.74, 6) is 0.625. The minimum absolute atomic E-state index is 0.00702. The Balaban J connectivity index is 2.35. The van der Waals surface area contributed by atoms with Gasteiger partial charge < -0.3 is 15.0 Å². The van der Waals surface area contributed by atoms with Gasteiger partial charge in [-0.25, -0.2) is 9.97 Å². The average molecular weight is 370 g/mol. The van der Waals surface area contributed by atoms with Crippen LogP contribution in [0.25, 0.3) is 6.08 Å². The predicted octanol–water partition coefficient (Wildman–Crippen LogP) is 3.01. The van der Waals surface area contributed by atoms with E-state index in [1.807, 2.05) is 27.7 Å². The number of aromatic nitrogens is 2. The van der Waals surface area contributed by atoms with Crippen molar-refractivity contribution >= 4 is 47.5 Å². The van der Waals surface area contributed by atoms with E-state index >= 15 is 0 Å². The molecule has 1 aliphatic rings. The van der Waals surface area contributed by atoms with Crippen LogP contribution in [0.4, 0.5) is 5.82 Å². The van der Waals surface area contributed by atoms with Crippen molar-refractivity contribution in [3.63, 3.8) is 0 Å². The topological polar surface area (TPSA) is 87.3 Å². The minimum atomic E-state index is -0.585. The van der Waals surface area contributed by atoms with E-state index in [0.29, 0.717) is 11.4 Å². The Hall–Kier alpha value is -1.09. The fourth-order valence-electron chi connectivity index (χ4n) is 2.03. The third-order valence-corrected chi connectivity index (χ3v) is 5.19. The van der Waals surface area contributed by atoms with Crippen molar-refractivity contribution in [2.45, 2.75) is 45.8 Å². The van der Waals surface area contributed by atoms with Crippen LogP contribution in [0.1, 0.15) is 40.3 Å². The molecule has 0 atom stereocenters. The lowest BCUT2D eigenvalue weighted by Gasteiger charge is -2.32. The van der Waals surface area contributed by atoms with E-state index in [9.17, 15) is 4.79 Å². The standard InChI is InChI=1S/C15H21BClN3O3S/c1-9(21)24-8-10(6-11-13(18)20-12(17)7-19-11)16-22-14(2,3)15(4,5)23-16/h6-7H,8H2,1-5H3,(H2,18,20). The largest absolute Gasteiger partial charge is 0.491 e. The van der Waals surface area contributed by atoms with E-state index in [1.54, 1.807) is 6.08 Å². The molecule has 0 amide bonds. The molecule has 0 saturated carbocycles. The summed E-state index contributed by atoms with van der Waals surface area (Å²) in [5, 5.41) is 0.229. The predicted molar refractivity (Wildman–Crippen MR) is 98.7 cm³/mol. The van der Waals surface area contributed by atoms with Gasteiger partial charge in [-0.2, -0.15) is 0 Å². The molecule has 24 heavy (non-hydrogen) atoms. The Morgan fingerprint density at radius 1 is 1.38 bits per heavy atom. The van der Waals surface area contributed by atoms with E-state index in [1.165, 1.54) is 24.9 Å². The van der Waals surface area contributed by atoms with Gasteiger partial charge in [0.05, 0.1) is 17.4 Å². The van der Waals surface area contributed by atoms with Gasteiger partial charge in [0, 0.05) is 12.7 Å². The molecule has 1 aliphatic heterocycles. The second-order valence-corrected chi connectivity index (χ2v) is 8.09. The molecule has 0 spiro atoms. The lowest BCUT2D eigenvalue weighted by Crippen LogP contribution is -2.41. The Morgan fingerprint density at radius 3 is 2.46 bits per heavy atom. The summed E-state index contributed by atoms with van der Waals surface area (Å²) in [6, 6.07) is 0. The number of hydrogen-bond acceptors (Lipinski definition) is 7. The van der Waals surface area contributed by atoms with E-state index < -0.39 is 18.3 Å². The Labute approximate surface area is 151 Å². The van der Waals surface area contributed by atoms with Crippen molar-refractivity contribution in [3.8, 4) is 0 Å². The number of rotatable bonds is 4. The van der Waals surface area contributed by atoms with Crippen LogP contribution in [0.3, 0.4) is 0 Å². The Morgan fingerprint density at radius 2 is 1.96 bits per heavy atom. The van der Waals surface area contributed by atoms with Crippen molar-refractivity contribution < 1.29 is 14.1 Å². The number of nitrogens with two attached hydrogens (primary N) is 1. The van der Waals surface area contributed by atoms with Crippen LogP contribution in [-0.4, -0.2) is 39.2 Å². The van der Waals surface area contributed by atoms with Crippen molar-refractivity contribution in [3.05, 3.63) is 22.5 Å². The number of thioether (sulfide) groups is 1. The highest BCUT2D eigenvalue weighted by atomic mass is 35.5. The molecular weight excluding hydrogens is 349 g/mol. The lowest BCUT2D eigenvalue weighted by molar-refractivity contribution is -0.109. The third kappa shape index (κ3) is 4.30. The molecule has 2 N–H and O–H groups in total. The molecule has 130 valence electrons. The monoisotopic (exact) mass is 369 g/mol. The number of anilines is 1. The van der Waals surface area contributed by atoms with Gasteiger partial charge >= 0.3 is 7.12 Å². The maximum absolute atomic E-state index is 11.4. The number of nitrogens with zero attached hydrogens (tertiary/aromatic N) is 2. The van der Waals surface area contributed by atoms with Gasteiger partial charge in [0.15, 0.2) is 10.9 Å². The molecule has 1 fully saturated rings. The van der Waals surface area contributed by atoms with Gasteiger partial charge in [-0.05, 0) is 39.2 Å². The molecule has 0 unspecified atom stereocenters. The molecule has 2 heterocycles. The molecule has 0 aromatic carbocycles. The van der Waals surface area contributed by atoms with Gasteiger partial charge in [0.2, 0.25) is 0 Å². The number of halogens is 1. The molecule has 0 aliphatic carbocycles. The maximum atomic E-state index is 11.4. The Bertz CT molecular complexity index is 666. The van der Waals surface area contributed by atoms with Crippen LogP contribution in [0.5, 0.6) is 0 Å². The first-order valence-corrected chi connectivity index (χ1v) is 8.86. The molecule has 1 aromatic heterocycles. The third-order valence-electron chi connectivity index (χ3n) is 4.12. The molecule has 1 saturated heterocycles. The zero-order chi connectivity index (χ0) is 18.1. The zero-order valence-electron chi connectivity index (χ0n) is 14.4. The SMILES string of the molecule is CC(=O)SCC(=Cc1ncc(Cl)nc1N)B1OC(C)(C)C(C)(C)O1. The van der Waals surface area contributed by atoms with Gasteiger partial charge in [-0.1, -0.05) is 23.4 Å². The zero-order valence-corrected chi connectivity index (χ0v) is 16.0. The van der Waals surface area contributed by atoms with Crippen LogP contribution < -0.4 is 5.73 Å². The summed E-state index contributed by atoms with van der Waals surface area (Å²) < 4.78 is 12.1. The summed E-state index contributed by atoms with van der Waals surface area (Å²) in [6.45, 7) is 9.40. The van der Waals surface area contributed by atoms with Crippen molar-refractivity contribution in [1.29, 1.82) is 0 Å². The van der Waals surface area contributed by atoms with E-state index in [-0.39, 0.29) is 16.1 Å². The molecule has 2 rings (SSSR count). The van der Waals surface area contributed by atoms with Crippen molar-refractivity contribution in [2.75, 3.05) is 11.5 Å². The normalized spacial score (nSPS) is 19.6. The van der Waals surface area contributed by atoms with Crippen molar-refractivity contribution in [1.82, 2.24) is 9.97 Å². The van der Waals surface area contributed by atoms with Gasteiger partial charge in [0.1, 0.15) is 10.8 Å². The molecule has 0 radical (unpaired) electrons. The first kappa shape index (κ1) is 19.2. The highest BCUT2D eigenvalue weighted by Crippen LogP contribution is 2.39. The maximum Gasteiger partial charge on any atom is 0.491 e. The summed E-state index contributed by atoms with van der Waals surface area (Å²) in [7, 11) is -0.585. The summed E-state index contributed by atoms with van der Waals surface area (Å²) >= 11 is 6.96. The lowest BCUT2D eigenvalue weighted by atomic mass is 9.78. The number of carbonyl (C=O) groups excluding carboxylic acids is 1. The second kappa shape index (κ2) is 7.03. The van der Waals surface area contributed by atoms with Crippen LogP contribution in [-0.2, 0) is 14.1 Å². The van der Waals surface area contributed by atoms with Gasteiger partial charge in [-0.3, -0.25) is 4.79 Å². The molecule has 9 heteroatoms. The summed E-state index contributed by atoms with van der Waals surface area (Å²) in [4.78, 5) is 19.5. The molecule has 0 bridgehead atoms. The van der Waals surface area contributed by atoms with Crippen LogP contribution >= 0.6 is 23.4 Å². The van der Waals surface area contributed by atoms with Crippen LogP contribution in [0.15, 0.2) is 11.7 Å². The van der Waals surface area contributed by atoms with Gasteiger partial charge in [-0.15, -0.1) is 0 Å². The molecule has 1 aromatic rings. The first-order chi connectivity index (χ1) is 11.0. The Kier molecular flexibility index (Phi) is 5.64. The van der Waals surface area contributed by atoms with Crippen LogP contribution in [0.2, 0.25) is 5.15 Å². The smallest absolute Gasteiger partial charge is 0.400 e. The summed E-state index contributed by atoms with van der Waals surface area (Å²) in [6.07, 6.45) is 3.17. The second-order valence-electron chi connectivity index (χ2n) is 6.55. The van der Waals surface area contributed by atoms with Gasteiger partial charge in [0.25, 0.3) is 0 Å². The fraction of sp³-hybridized carbons (Fsp3) is 0.533.